The summed E-state index contributed by atoms with van der Waals surface area (Å²) in [7, 11) is 0. The molecule has 0 saturated heterocycles. The summed E-state index contributed by atoms with van der Waals surface area (Å²) in [6, 6.07) is 0. The second-order valence-corrected chi connectivity index (χ2v) is 15.5. The van der Waals surface area contributed by atoms with E-state index >= 15 is 0 Å². The number of hydrogen-bond donors (Lipinski definition) is 0. The van der Waals surface area contributed by atoms with Crippen LogP contribution in [0.1, 0.15) is 126 Å². The van der Waals surface area contributed by atoms with Gasteiger partial charge in [-0.15, -0.1) is 0 Å². The van der Waals surface area contributed by atoms with Crippen LogP contribution in [0.5, 0.6) is 0 Å². The minimum atomic E-state index is -2.40. The van der Waals surface area contributed by atoms with Gasteiger partial charge in [-0.2, -0.15) is 0 Å². The van der Waals surface area contributed by atoms with Gasteiger partial charge in [-0.25, -0.2) is 0 Å². The number of unbranched alkanes of at least 4 members (excludes halogenated alkanes) is 6. The topological polar surface area (TPSA) is 55.4 Å². The molecular weight excluding hydrogens is 634 g/mol. The molecule has 0 rings (SSSR count). The molecule has 0 heterocycles. The van der Waals surface area contributed by atoms with Gasteiger partial charge in [0.1, 0.15) is 0 Å². The van der Waals surface area contributed by atoms with Crippen LogP contribution in [0.25, 0.3) is 0 Å². The fraction of sp³-hybridized carbons (Fsp3) is 1.00. The Morgan fingerprint density at radius 3 is 0.606 bits per heavy atom. The van der Waals surface area contributed by atoms with Gasteiger partial charge >= 0.3 is 219 Å². The van der Waals surface area contributed by atoms with E-state index in [0.717, 1.165) is 78.2 Å². The van der Waals surface area contributed by atoms with Crippen LogP contribution in [0.2, 0.25) is 0 Å². The monoisotopic (exact) mass is 694 g/mol. The second-order valence-electron chi connectivity index (χ2n) is 7.71. The molecule has 0 saturated carbocycles. The van der Waals surface area contributed by atoms with Crippen LogP contribution in [-0.4, -0.2) is 81.6 Å². The van der Waals surface area contributed by atoms with Crippen molar-refractivity contribution < 1.29 is 18.4 Å². The van der Waals surface area contributed by atoms with Gasteiger partial charge in [0.15, 0.2) is 0 Å². The van der Waals surface area contributed by atoms with Crippen molar-refractivity contribution >= 4 is 42.0 Å². The van der Waals surface area contributed by atoms with E-state index in [9.17, 15) is 0 Å². The number of rotatable bonds is 24. The van der Waals surface area contributed by atoms with Crippen LogP contribution in [0.4, 0.5) is 0 Å². The molecule has 0 aromatic rings. The van der Waals surface area contributed by atoms with Gasteiger partial charge in [0.2, 0.25) is 0 Å². The van der Waals surface area contributed by atoms with Crippen molar-refractivity contribution in [3.8, 4) is 0 Å². The third-order valence-corrected chi connectivity index (χ3v) is 11.8. The molecule has 0 aliphatic carbocycles. The first-order valence-corrected chi connectivity index (χ1v) is 20.2. The first kappa shape index (κ1) is 38.9. The van der Waals surface area contributed by atoms with E-state index in [1.54, 1.807) is 0 Å². The van der Waals surface area contributed by atoms with Crippen LogP contribution in [0.15, 0.2) is 0 Å². The fourth-order valence-electron chi connectivity index (χ4n) is 2.05. The van der Waals surface area contributed by atoms with Crippen LogP contribution in [0, 0.1) is 0 Å². The quantitative estimate of drug-likeness (QED) is 0.0773. The van der Waals surface area contributed by atoms with E-state index in [1.807, 2.05) is 0 Å². The van der Waals surface area contributed by atoms with Crippen molar-refractivity contribution in [3.63, 3.8) is 0 Å². The van der Waals surface area contributed by atoms with Gasteiger partial charge in [-0.05, 0) is 0 Å². The van der Waals surface area contributed by atoms with E-state index in [4.69, 9.17) is 18.4 Å². The van der Waals surface area contributed by atoms with E-state index in [0.29, 0.717) is 0 Å². The Hall–Kier alpha value is 1.36. The maximum atomic E-state index is 5.73. The van der Waals surface area contributed by atoms with Gasteiger partial charge in [0.05, 0.1) is 0 Å². The van der Waals surface area contributed by atoms with Crippen molar-refractivity contribution in [3.05, 3.63) is 0 Å². The minimum absolute atomic E-state index is 0. The summed E-state index contributed by atoms with van der Waals surface area (Å²) in [5.41, 5.74) is 0. The van der Waals surface area contributed by atoms with Crippen molar-refractivity contribution in [1.82, 2.24) is 0 Å². The van der Waals surface area contributed by atoms with Gasteiger partial charge in [0, 0.05) is 0 Å². The van der Waals surface area contributed by atoms with Crippen molar-refractivity contribution in [2.45, 2.75) is 126 Å². The molecule has 202 valence electrons. The summed E-state index contributed by atoms with van der Waals surface area (Å²) in [6.07, 6.45) is 13.7. The van der Waals surface area contributed by atoms with Crippen molar-refractivity contribution in [1.29, 1.82) is 0 Å². The zero-order valence-corrected chi connectivity index (χ0v) is 27.9. The van der Waals surface area contributed by atoms with Crippen LogP contribution >= 0.6 is 0 Å². The molecule has 0 amide bonds. The van der Waals surface area contributed by atoms with Crippen molar-refractivity contribution in [2.75, 3.05) is 39.6 Å². The molecule has 6 nitrogen and oxygen atoms in total. The summed E-state index contributed by atoms with van der Waals surface area (Å²) in [4.78, 5) is 0. The third-order valence-electron chi connectivity index (χ3n) is 4.31. The Labute approximate surface area is 224 Å². The Morgan fingerprint density at radius 1 is 0.333 bits per heavy atom. The molecule has 0 bridgehead atoms. The van der Waals surface area contributed by atoms with E-state index < -0.39 is 42.0 Å². The zero-order valence-electron chi connectivity index (χ0n) is 22.2. The molecule has 0 aliphatic heterocycles. The number of hydrogen-bond acceptors (Lipinski definition) is 6. The second kappa shape index (κ2) is 35.5. The molecule has 0 fully saturated rings. The Kier molecular flexibility index (Phi) is 41.8. The molecule has 0 aliphatic rings. The normalized spacial score (nSPS) is 10.9. The summed E-state index contributed by atoms with van der Waals surface area (Å²) < 4.78 is 34.4. The van der Waals surface area contributed by atoms with Crippen molar-refractivity contribution in [2.24, 2.45) is 0 Å². The fourth-order valence-corrected chi connectivity index (χ4v) is 8.80. The zero-order chi connectivity index (χ0) is 24.1. The Balaban J connectivity index is -0.000000529. The maximum absolute atomic E-state index is 5.73. The van der Waals surface area contributed by atoms with Gasteiger partial charge in [0.25, 0.3) is 0 Å². The SMILES string of the molecule is C.CCCC[O][Sn]([O]CCCC)[O]CCCC.CCCC[O][Sn]([O]CCCC)[O]CCCC. The van der Waals surface area contributed by atoms with E-state index in [2.05, 4.69) is 41.5 Å². The van der Waals surface area contributed by atoms with Crippen LogP contribution in [-0.2, 0) is 18.4 Å². The molecule has 8 heteroatoms. The molecule has 0 atom stereocenters. The van der Waals surface area contributed by atoms with E-state index in [-0.39, 0.29) is 7.43 Å². The molecular formula is C25H58O6Sn2. The van der Waals surface area contributed by atoms with E-state index in [1.165, 1.54) is 38.5 Å². The first-order chi connectivity index (χ1) is 15.7. The molecule has 0 aromatic heterocycles. The molecule has 33 heavy (non-hydrogen) atoms. The predicted molar refractivity (Wildman–Crippen MR) is 143 cm³/mol. The Morgan fingerprint density at radius 2 is 0.485 bits per heavy atom. The summed E-state index contributed by atoms with van der Waals surface area (Å²) in [5, 5.41) is 0. The van der Waals surface area contributed by atoms with Crippen LogP contribution < -0.4 is 0 Å². The average Bonchev–Trinajstić information content (AvgIpc) is 2.80. The van der Waals surface area contributed by atoms with Gasteiger partial charge in [-0.1, -0.05) is 7.43 Å². The Bertz CT molecular complexity index is 250. The summed E-state index contributed by atoms with van der Waals surface area (Å²) in [5.74, 6) is 0. The average molecular weight is 692 g/mol. The molecule has 0 aromatic carbocycles. The standard InChI is InChI=1S/6C4H9O.CH4.2Sn/c6*1-2-3-4-5;;;/h6*2-4H2,1H3;1H4;;/q6*-1;;2*+3. The third kappa shape index (κ3) is 33.4. The van der Waals surface area contributed by atoms with Gasteiger partial charge < -0.3 is 0 Å². The summed E-state index contributed by atoms with van der Waals surface area (Å²) >= 11 is -4.80. The molecule has 2 radical (unpaired) electrons. The predicted octanol–water partition coefficient (Wildman–Crippen LogP) is 7.48. The van der Waals surface area contributed by atoms with Crippen LogP contribution in [0.3, 0.4) is 0 Å². The molecule has 0 N–H and O–H groups in total. The molecule has 0 unspecified atom stereocenters. The molecule has 0 spiro atoms. The van der Waals surface area contributed by atoms with Gasteiger partial charge in [-0.3, -0.25) is 0 Å². The first-order valence-electron chi connectivity index (χ1n) is 13.2. The summed E-state index contributed by atoms with van der Waals surface area (Å²) in [6.45, 7) is 17.9.